The molecule has 0 aliphatic heterocycles. The van der Waals surface area contributed by atoms with Gasteiger partial charge < -0.3 is 5.11 Å². The molecule has 2 saturated carbocycles. The van der Waals surface area contributed by atoms with E-state index in [1.54, 1.807) is 0 Å². The molecule has 0 amide bonds. The van der Waals surface area contributed by atoms with E-state index >= 15 is 0 Å². The second-order valence-corrected chi connectivity index (χ2v) is 7.04. The summed E-state index contributed by atoms with van der Waals surface area (Å²) in [5.74, 6) is 2.59. The maximum Gasteiger partial charge on any atom is 0.0653 e. The van der Waals surface area contributed by atoms with Crippen molar-refractivity contribution in [3.8, 4) is 0 Å². The zero-order valence-corrected chi connectivity index (χ0v) is 12.5. The Labute approximate surface area is 113 Å². The molecule has 0 spiro atoms. The summed E-state index contributed by atoms with van der Waals surface area (Å²) in [6, 6.07) is 0. The predicted molar refractivity (Wildman–Crippen MR) is 77.6 cm³/mol. The molecule has 0 aromatic heterocycles. The lowest BCUT2D eigenvalue weighted by molar-refractivity contribution is -0.0403. The Morgan fingerprint density at radius 1 is 1.17 bits per heavy atom. The quantitative estimate of drug-likeness (QED) is 0.681. The van der Waals surface area contributed by atoms with Crippen LogP contribution in [0.1, 0.15) is 84.5 Å². The molecule has 18 heavy (non-hydrogen) atoms. The SMILES string of the molecule is CCCCC(CC)CC1(O)CCCC(C2CC2)C1. The van der Waals surface area contributed by atoms with Gasteiger partial charge in [-0.05, 0) is 56.3 Å². The number of hydrogen-bond donors (Lipinski definition) is 1. The first-order valence-electron chi connectivity index (χ1n) is 8.39. The van der Waals surface area contributed by atoms with Crippen LogP contribution in [0.5, 0.6) is 0 Å². The van der Waals surface area contributed by atoms with Crippen molar-refractivity contribution in [3.63, 3.8) is 0 Å². The van der Waals surface area contributed by atoms with Gasteiger partial charge in [-0.1, -0.05) is 46.0 Å². The van der Waals surface area contributed by atoms with Crippen molar-refractivity contribution in [1.82, 2.24) is 0 Å². The van der Waals surface area contributed by atoms with E-state index in [2.05, 4.69) is 13.8 Å². The van der Waals surface area contributed by atoms with Crippen molar-refractivity contribution in [2.24, 2.45) is 17.8 Å². The van der Waals surface area contributed by atoms with E-state index in [-0.39, 0.29) is 5.60 Å². The summed E-state index contributed by atoms with van der Waals surface area (Å²) in [6.45, 7) is 4.57. The zero-order valence-electron chi connectivity index (χ0n) is 12.5. The highest BCUT2D eigenvalue weighted by atomic mass is 16.3. The summed E-state index contributed by atoms with van der Waals surface area (Å²) in [7, 11) is 0. The molecular formula is C17H32O. The first-order chi connectivity index (χ1) is 8.67. The van der Waals surface area contributed by atoms with Crippen LogP contribution < -0.4 is 0 Å². The van der Waals surface area contributed by atoms with Crippen molar-refractivity contribution in [2.75, 3.05) is 0 Å². The summed E-state index contributed by atoms with van der Waals surface area (Å²) < 4.78 is 0. The van der Waals surface area contributed by atoms with Crippen LogP contribution in [0.15, 0.2) is 0 Å². The lowest BCUT2D eigenvalue weighted by atomic mass is 9.71. The fourth-order valence-corrected chi connectivity index (χ4v) is 4.02. The molecule has 0 aromatic rings. The van der Waals surface area contributed by atoms with Gasteiger partial charge in [-0.25, -0.2) is 0 Å². The van der Waals surface area contributed by atoms with Crippen molar-refractivity contribution in [3.05, 3.63) is 0 Å². The van der Waals surface area contributed by atoms with E-state index in [4.69, 9.17) is 0 Å². The van der Waals surface area contributed by atoms with Crippen molar-refractivity contribution in [1.29, 1.82) is 0 Å². The molecule has 1 nitrogen and oxygen atoms in total. The molecular weight excluding hydrogens is 220 g/mol. The van der Waals surface area contributed by atoms with E-state index in [1.165, 1.54) is 51.4 Å². The molecule has 0 saturated heterocycles. The third-order valence-electron chi connectivity index (χ3n) is 5.36. The van der Waals surface area contributed by atoms with Crippen LogP contribution in [-0.4, -0.2) is 10.7 Å². The van der Waals surface area contributed by atoms with Gasteiger partial charge >= 0.3 is 0 Å². The average molecular weight is 252 g/mol. The molecule has 1 N–H and O–H groups in total. The number of rotatable bonds is 7. The van der Waals surface area contributed by atoms with Gasteiger partial charge in [0.05, 0.1) is 5.60 Å². The van der Waals surface area contributed by atoms with Crippen LogP contribution in [0.2, 0.25) is 0 Å². The van der Waals surface area contributed by atoms with E-state index in [9.17, 15) is 5.11 Å². The lowest BCUT2D eigenvalue weighted by Crippen LogP contribution is -2.37. The van der Waals surface area contributed by atoms with E-state index < -0.39 is 0 Å². The first kappa shape index (κ1) is 14.4. The molecule has 2 rings (SSSR count). The Kier molecular flexibility index (Phi) is 5.12. The molecule has 2 aliphatic rings. The van der Waals surface area contributed by atoms with Gasteiger partial charge in [-0.15, -0.1) is 0 Å². The number of unbranched alkanes of at least 4 members (excludes halogenated alkanes) is 1. The monoisotopic (exact) mass is 252 g/mol. The summed E-state index contributed by atoms with van der Waals surface area (Å²) in [6.07, 6.45) is 14.0. The molecule has 106 valence electrons. The van der Waals surface area contributed by atoms with Crippen LogP contribution in [-0.2, 0) is 0 Å². The average Bonchev–Trinajstić information content (AvgIpc) is 3.18. The first-order valence-corrected chi connectivity index (χ1v) is 8.39. The van der Waals surface area contributed by atoms with Crippen molar-refractivity contribution < 1.29 is 5.11 Å². The van der Waals surface area contributed by atoms with Gasteiger partial charge in [0.25, 0.3) is 0 Å². The van der Waals surface area contributed by atoms with Gasteiger partial charge in [-0.2, -0.15) is 0 Å². The van der Waals surface area contributed by atoms with Gasteiger partial charge in [0.1, 0.15) is 0 Å². The molecule has 2 aliphatic carbocycles. The van der Waals surface area contributed by atoms with E-state index in [0.717, 1.165) is 37.0 Å². The Bertz CT molecular complexity index is 246. The molecule has 1 heteroatoms. The van der Waals surface area contributed by atoms with E-state index in [0.29, 0.717) is 0 Å². The second-order valence-electron chi connectivity index (χ2n) is 7.04. The Morgan fingerprint density at radius 3 is 2.56 bits per heavy atom. The lowest BCUT2D eigenvalue weighted by Gasteiger charge is -2.39. The summed E-state index contributed by atoms with van der Waals surface area (Å²) >= 11 is 0. The normalized spacial score (nSPS) is 34.5. The minimum absolute atomic E-state index is 0.306. The van der Waals surface area contributed by atoms with Gasteiger partial charge in [0.2, 0.25) is 0 Å². The molecule has 3 atom stereocenters. The Hall–Kier alpha value is -0.0400. The van der Waals surface area contributed by atoms with Crippen LogP contribution in [0, 0.1) is 17.8 Å². The summed E-state index contributed by atoms with van der Waals surface area (Å²) in [4.78, 5) is 0. The van der Waals surface area contributed by atoms with Crippen LogP contribution >= 0.6 is 0 Å². The summed E-state index contributed by atoms with van der Waals surface area (Å²) in [5, 5.41) is 10.9. The Balaban J connectivity index is 1.84. The topological polar surface area (TPSA) is 20.2 Å². The maximum absolute atomic E-state index is 10.9. The molecule has 3 unspecified atom stereocenters. The smallest absolute Gasteiger partial charge is 0.0653 e. The van der Waals surface area contributed by atoms with Crippen LogP contribution in [0.4, 0.5) is 0 Å². The summed E-state index contributed by atoms with van der Waals surface area (Å²) in [5.41, 5.74) is -0.306. The molecule has 2 fully saturated rings. The van der Waals surface area contributed by atoms with Gasteiger partial charge in [0.15, 0.2) is 0 Å². The van der Waals surface area contributed by atoms with Crippen molar-refractivity contribution >= 4 is 0 Å². The fraction of sp³-hybridized carbons (Fsp3) is 1.00. The minimum Gasteiger partial charge on any atom is -0.390 e. The van der Waals surface area contributed by atoms with Gasteiger partial charge in [0, 0.05) is 0 Å². The largest absolute Gasteiger partial charge is 0.390 e. The standard InChI is InChI=1S/C17H32O/c1-3-5-7-14(4-2)12-17(18)11-6-8-16(13-17)15-9-10-15/h14-16,18H,3-13H2,1-2H3. The van der Waals surface area contributed by atoms with Crippen LogP contribution in [0.3, 0.4) is 0 Å². The third kappa shape index (κ3) is 3.98. The highest BCUT2D eigenvalue weighted by Gasteiger charge is 2.41. The highest BCUT2D eigenvalue weighted by molar-refractivity contribution is 4.93. The van der Waals surface area contributed by atoms with Gasteiger partial charge in [-0.3, -0.25) is 0 Å². The molecule has 0 heterocycles. The van der Waals surface area contributed by atoms with E-state index in [1.807, 2.05) is 0 Å². The molecule has 0 aromatic carbocycles. The zero-order chi connectivity index (χ0) is 13.0. The minimum atomic E-state index is -0.306. The predicted octanol–water partition coefficient (Wildman–Crippen LogP) is 4.92. The number of aliphatic hydroxyl groups is 1. The Morgan fingerprint density at radius 2 is 1.94 bits per heavy atom. The highest BCUT2D eigenvalue weighted by Crippen LogP contribution is 2.48. The third-order valence-corrected chi connectivity index (χ3v) is 5.36. The second kappa shape index (κ2) is 6.41. The molecule has 0 bridgehead atoms. The van der Waals surface area contributed by atoms with Crippen molar-refractivity contribution in [2.45, 2.75) is 90.1 Å². The number of hydrogen-bond acceptors (Lipinski definition) is 1. The van der Waals surface area contributed by atoms with Crippen LogP contribution in [0.25, 0.3) is 0 Å². The fourth-order valence-electron chi connectivity index (χ4n) is 4.02. The molecule has 0 radical (unpaired) electrons. The maximum atomic E-state index is 10.9.